The molecule has 2 heterocycles. The van der Waals surface area contributed by atoms with E-state index in [0.717, 1.165) is 30.3 Å². The highest BCUT2D eigenvalue weighted by atomic mass is 16.5. The molecule has 6 heteroatoms. The van der Waals surface area contributed by atoms with Crippen molar-refractivity contribution >= 4 is 16.8 Å². The molecule has 1 aromatic heterocycles. The van der Waals surface area contributed by atoms with Crippen molar-refractivity contribution in [2.45, 2.75) is 25.7 Å². The Bertz CT molecular complexity index is 815. The fraction of sp³-hybridized carbons (Fsp3) is 0.474. The van der Waals surface area contributed by atoms with Crippen molar-refractivity contribution in [1.82, 2.24) is 9.88 Å². The predicted octanol–water partition coefficient (Wildman–Crippen LogP) is 1.70. The van der Waals surface area contributed by atoms with E-state index in [0.29, 0.717) is 30.7 Å². The Morgan fingerprint density at radius 3 is 3.00 bits per heavy atom. The van der Waals surface area contributed by atoms with Gasteiger partial charge in [-0.25, -0.2) is 0 Å². The van der Waals surface area contributed by atoms with E-state index in [1.165, 1.54) is 0 Å². The molecule has 1 saturated heterocycles. The molecular formula is C19H24N2O4. The number of ether oxygens (including phenoxy) is 1. The number of aromatic amines is 1. The Hall–Kier alpha value is -2.34. The van der Waals surface area contributed by atoms with Gasteiger partial charge in [-0.1, -0.05) is 0 Å². The standard InChI is InChI=1S/C19H24N2O4/c1-25-16-6-4-14-9-15(19(24)20-17(14)10-16)5-7-18(23)21-8-2-3-13(11-21)12-22/h4,6,9-10,13,22H,2-3,5,7-8,11-12H2,1H3,(H,20,24). The van der Waals surface area contributed by atoms with Gasteiger partial charge in [0.25, 0.3) is 5.56 Å². The number of fused-ring (bicyclic) bond motifs is 1. The molecule has 0 radical (unpaired) electrons. The number of hydrogen-bond donors (Lipinski definition) is 2. The summed E-state index contributed by atoms with van der Waals surface area (Å²) in [5.74, 6) is 0.916. The lowest BCUT2D eigenvalue weighted by atomic mass is 9.98. The minimum atomic E-state index is -0.166. The number of methoxy groups -OCH3 is 1. The molecule has 1 unspecified atom stereocenters. The Balaban J connectivity index is 1.69. The van der Waals surface area contributed by atoms with Gasteiger partial charge in [-0.05, 0) is 48.8 Å². The third-order valence-corrected chi connectivity index (χ3v) is 4.87. The van der Waals surface area contributed by atoms with Crippen molar-refractivity contribution < 1.29 is 14.6 Å². The summed E-state index contributed by atoms with van der Waals surface area (Å²) in [7, 11) is 1.58. The fourth-order valence-corrected chi connectivity index (χ4v) is 3.38. The lowest BCUT2D eigenvalue weighted by Gasteiger charge is -2.31. The Kier molecular flexibility index (Phi) is 5.38. The number of pyridine rings is 1. The summed E-state index contributed by atoms with van der Waals surface area (Å²) in [6, 6.07) is 7.37. The zero-order valence-electron chi connectivity index (χ0n) is 14.5. The van der Waals surface area contributed by atoms with Crippen molar-refractivity contribution in [1.29, 1.82) is 0 Å². The molecular weight excluding hydrogens is 320 g/mol. The van der Waals surface area contributed by atoms with E-state index in [1.54, 1.807) is 13.2 Å². The first-order chi connectivity index (χ1) is 12.1. The summed E-state index contributed by atoms with van der Waals surface area (Å²) in [5, 5.41) is 10.2. The van der Waals surface area contributed by atoms with Crippen molar-refractivity contribution in [2.24, 2.45) is 5.92 Å². The van der Waals surface area contributed by atoms with Crippen molar-refractivity contribution in [3.63, 3.8) is 0 Å². The predicted molar refractivity (Wildman–Crippen MR) is 95.8 cm³/mol. The molecule has 25 heavy (non-hydrogen) atoms. The second-order valence-corrected chi connectivity index (χ2v) is 6.61. The molecule has 6 nitrogen and oxygen atoms in total. The summed E-state index contributed by atoms with van der Waals surface area (Å²) in [4.78, 5) is 29.3. The van der Waals surface area contributed by atoms with Crippen LogP contribution in [0.1, 0.15) is 24.8 Å². The largest absolute Gasteiger partial charge is 0.497 e. The Morgan fingerprint density at radius 2 is 2.24 bits per heavy atom. The Morgan fingerprint density at radius 1 is 1.40 bits per heavy atom. The number of piperidine rings is 1. The monoisotopic (exact) mass is 344 g/mol. The molecule has 1 fully saturated rings. The number of nitrogens with zero attached hydrogens (tertiary/aromatic N) is 1. The number of aromatic nitrogens is 1. The van der Waals surface area contributed by atoms with Gasteiger partial charge in [-0.2, -0.15) is 0 Å². The van der Waals surface area contributed by atoms with Gasteiger partial charge in [0.05, 0.1) is 12.6 Å². The van der Waals surface area contributed by atoms with Gasteiger partial charge in [0.2, 0.25) is 5.91 Å². The lowest BCUT2D eigenvalue weighted by molar-refractivity contribution is -0.133. The molecule has 2 N–H and O–H groups in total. The van der Waals surface area contributed by atoms with Crippen LogP contribution in [-0.4, -0.2) is 47.7 Å². The fourth-order valence-electron chi connectivity index (χ4n) is 3.38. The summed E-state index contributed by atoms with van der Waals surface area (Å²) in [5.41, 5.74) is 1.17. The third-order valence-electron chi connectivity index (χ3n) is 4.87. The number of benzene rings is 1. The number of aryl methyl sites for hydroxylation is 1. The van der Waals surface area contributed by atoms with Gasteiger partial charge in [0.15, 0.2) is 0 Å². The van der Waals surface area contributed by atoms with Crippen LogP contribution in [0.2, 0.25) is 0 Å². The SMILES string of the molecule is COc1ccc2cc(CCC(=O)N3CCCC(CO)C3)c(=O)[nH]c2c1. The molecule has 0 saturated carbocycles. The molecule has 0 aliphatic carbocycles. The number of carbonyl (C=O) groups is 1. The first-order valence-electron chi connectivity index (χ1n) is 8.69. The van der Waals surface area contributed by atoms with E-state index in [-0.39, 0.29) is 24.0 Å². The maximum atomic E-state index is 12.4. The highest BCUT2D eigenvalue weighted by Crippen LogP contribution is 2.20. The maximum absolute atomic E-state index is 12.4. The second kappa shape index (κ2) is 7.70. The van der Waals surface area contributed by atoms with E-state index in [2.05, 4.69) is 4.98 Å². The molecule has 1 amide bonds. The van der Waals surface area contributed by atoms with Gasteiger partial charge in [-0.15, -0.1) is 0 Å². The lowest BCUT2D eigenvalue weighted by Crippen LogP contribution is -2.41. The smallest absolute Gasteiger partial charge is 0.251 e. The van der Waals surface area contributed by atoms with E-state index >= 15 is 0 Å². The number of H-pyrrole nitrogens is 1. The van der Waals surface area contributed by atoms with Gasteiger partial charge < -0.3 is 19.7 Å². The third kappa shape index (κ3) is 4.02. The van der Waals surface area contributed by atoms with Crippen LogP contribution in [0, 0.1) is 5.92 Å². The topological polar surface area (TPSA) is 82.6 Å². The van der Waals surface area contributed by atoms with E-state index < -0.39 is 0 Å². The molecule has 134 valence electrons. The van der Waals surface area contributed by atoms with Crippen molar-refractivity contribution in [3.8, 4) is 5.75 Å². The van der Waals surface area contributed by atoms with Crippen molar-refractivity contribution in [2.75, 3.05) is 26.8 Å². The van der Waals surface area contributed by atoms with Crippen LogP contribution in [0.3, 0.4) is 0 Å². The number of amides is 1. The van der Waals surface area contributed by atoms with E-state index in [9.17, 15) is 14.7 Å². The van der Waals surface area contributed by atoms with Crippen LogP contribution in [0.4, 0.5) is 0 Å². The highest BCUT2D eigenvalue weighted by molar-refractivity contribution is 5.81. The number of rotatable bonds is 5. The molecule has 1 aromatic carbocycles. The average Bonchev–Trinajstić information content (AvgIpc) is 2.65. The van der Waals surface area contributed by atoms with Crippen LogP contribution >= 0.6 is 0 Å². The molecule has 3 rings (SSSR count). The molecule has 1 atom stereocenters. The second-order valence-electron chi connectivity index (χ2n) is 6.61. The number of likely N-dealkylation sites (tertiary alicyclic amines) is 1. The first kappa shape index (κ1) is 17.5. The van der Waals surface area contributed by atoms with Crippen LogP contribution in [0.15, 0.2) is 29.1 Å². The quantitative estimate of drug-likeness (QED) is 0.865. The van der Waals surface area contributed by atoms with Crippen LogP contribution < -0.4 is 10.3 Å². The maximum Gasteiger partial charge on any atom is 0.251 e. The zero-order chi connectivity index (χ0) is 17.8. The average molecular weight is 344 g/mol. The van der Waals surface area contributed by atoms with Gasteiger partial charge >= 0.3 is 0 Å². The van der Waals surface area contributed by atoms with Crippen molar-refractivity contribution in [3.05, 3.63) is 40.2 Å². The van der Waals surface area contributed by atoms with Gasteiger partial charge in [0, 0.05) is 37.7 Å². The number of carbonyl (C=O) groups excluding carboxylic acids is 1. The number of aliphatic hydroxyl groups excluding tert-OH is 1. The van der Waals surface area contributed by atoms with Crippen LogP contribution in [0.25, 0.3) is 10.9 Å². The van der Waals surface area contributed by atoms with E-state index in [4.69, 9.17) is 4.74 Å². The van der Waals surface area contributed by atoms with Gasteiger partial charge in [0.1, 0.15) is 5.75 Å². The number of aliphatic hydroxyl groups is 1. The highest BCUT2D eigenvalue weighted by Gasteiger charge is 2.23. The van der Waals surface area contributed by atoms with Crippen LogP contribution in [0.5, 0.6) is 5.75 Å². The number of nitrogens with one attached hydrogen (secondary N) is 1. The normalized spacial score (nSPS) is 17.7. The summed E-state index contributed by atoms with van der Waals surface area (Å²) in [6.07, 6.45) is 2.61. The molecule has 1 aliphatic rings. The number of hydrogen-bond acceptors (Lipinski definition) is 4. The van der Waals surface area contributed by atoms with Gasteiger partial charge in [-0.3, -0.25) is 9.59 Å². The first-order valence-corrected chi connectivity index (χ1v) is 8.69. The van der Waals surface area contributed by atoms with E-state index in [1.807, 2.05) is 23.1 Å². The minimum absolute atomic E-state index is 0.0485. The zero-order valence-corrected chi connectivity index (χ0v) is 14.5. The summed E-state index contributed by atoms with van der Waals surface area (Å²) >= 11 is 0. The molecule has 1 aliphatic heterocycles. The van der Waals surface area contributed by atoms with Crippen LogP contribution in [-0.2, 0) is 11.2 Å². The summed E-state index contributed by atoms with van der Waals surface area (Å²) in [6.45, 7) is 1.48. The molecule has 0 bridgehead atoms. The Labute approximate surface area is 146 Å². The summed E-state index contributed by atoms with van der Waals surface area (Å²) < 4.78 is 5.17. The minimum Gasteiger partial charge on any atom is -0.497 e. The molecule has 0 spiro atoms. The molecule has 2 aromatic rings.